The maximum absolute atomic E-state index is 10.1. The van der Waals surface area contributed by atoms with Crippen molar-refractivity contribution in [3.63, 3.8) is 0 Å². The molecule has 1 N–H and O–H groups in total. The van der Waals surface area contributed by atoms with Crippen molar-refractivity contribution in [3.8, 4) is 0 Å². The molecule has 24 heavy (non-hydrogen) atoms. The first-order chi connectivity index (χ1) is 11.2. The quantitative estimate of drug-likeness (QED) is 0.549. The van der Waals surface area contributed by atoms with Gasteiger partial charge in [0.15, 0.2) is 0 Å². The summed E-state index contributed by atoms with van der Waals surface area (Å²) in [5.74, 6) is 0. The van der Waals surface area contributed by atoms with Crippen molar-refractivity contribution >= 4 is 12.6 Å². The Labute approximate surface area is 144 Å². The largest absolute Gasteiger partial charge is 0.498 e. The Bertz CT molecular complexity index is 531. The third-order valence-corrected chi connectivity index (χ3v) is 4.77. The minimum atomic E-state index is -0.633. The van der Waals surface area contributed by atoms with Crippen LogP contribution in [0.2, 0.25) is 0 Å². The van der Waals surface area contributed by atoms with E-state index in [1.54, 1.807) is 18.0 Å². The maximum Gasteiger partial charge on any atom is 0.498 e. The maximum atomic E-state index is 10.1. The number of hydrogen-bond donors (Lipinski definition) is 1. The highest BCUT2D eigenvalue weighted by atomic mass is 16.7. The number of aliphatic hydroxyl groups excluding tert-OH is 1. The lowest BCUT2D eigenvalue weighted by Crippen LogP contribution is -2.41. The molecule has 0 spiro atoms. The van der Waals surface area contributed by atoms with E-state index in [1.807, 2.05) is 34.6 Å². The molecule has 1 atom stereocenters. The monoisotopic (exact) mass is 340 g/mol. The predicted octanol–water partition coefficient (Wildman–Crippen LogP) is 0.515. The van der Waals surface area contributed by atoms with Gasteiger partial charge in [-0.15, -0.1) is 0 Å². The number of aliphatic hydroxyl groups is 1. The van der Waals surface area contributed by atoms with Crippen LogP contribution < -0.4 is 5.46 Å². The summed E-state index contributed by atoms with van der Waals surface area (Å²) in [4.78, 5) is 0. The zero-order valence-electron chi connectivity index (χ0n) is 15.5. The zero-order chi connectivity index (χ0) is 18.0. The number of ether oxygens (including phenoxy) is 2. The molecule has 1 aliphatic rings. The van der Waals surface area contributed by atoms with Crippen molar-refractivity contribution in [3.05, 3.63) is 11.9 Å². The van der Waals surface area contributed by atoms with E-state index in [4.69, 9.17) is 18.8 Å². The molecule has 0 aliphatic carbocycles. The van der Waals surface area contributed by atoms with Crippen LogP contribution in [0.25, 0.3) is 0 Å². The second-order valence-corrected chi connectivity index (χ2v) is 7.18. The number of aromatic nitrogens is 2. The van der Waals surface area contributed by atoms with E-state index in [0.29, 0.717) is 19.8 Å². The standard InChI is InChI=1S/C16H29BN2O5/c1-12-14(17-23-15(2,3)16(4,5)24-17)9-18-19(12)10-13(20)11-22-8-7-21-6/h9,13,20H,7-8,10-11H2,1-6H3/t13-/m0/s1. The second kappa shape index (κ2) is 7.53. The van der Waals surface area contributed by atoms with Gasteiger partial charge in [0.2, 0.25) is 0 Å². The molecule has 136 valence electrons. The minimum absolute atomic E-state index is 0.245. The first-order valence-electron chi connectivity index (χ1n) is 8.30. The molecular weight excluding hydrogens is 311 g/mol. The molecule has 1 aliphatic heterocycles. The third-order valence-electron chi connectivity index (χ3n) is 4.77. The van der Waals surface area contributed by atoms with Crippen LogP contribution in [0.4, 0.5) is 0 Å². The van der Waals surface area contributed by atoms with Gasteiger partial charge in [0.05, 0.1) is 43.7 Å². The first kappa shape index (κ1) is 19.4. The van der Waals surface area contributed by atoms with Gasteiger partial charge in [-0.2, -0.15) is 5.10 Å². The number of rotatable bonds is 8. The second-order valence-electron chi connectivity index (χ2n) is 7.18. The van der Waals surface area contributed by atoms with E-state index in [2.05, 4.69) is 5.10 Å². The van der Waals surface area contributed by atoms with Crippen molar-refractivity contribution in [2.75, 3.05) is 26.9 Å². The van der Waals surface area contributed by atoms with Gasteiger partial charge in [0.25, 0.3) is 0 Å². The van der Waals surface area contributed by atoms with Gasteiger partial charge in [0.1, 0.15) is 0 Å². The highest BCUT2D eigenvalue weighted by molar-refractivity contribution is 6.62. The van der Waals surface area contributed by atoms with E-state index in [0.717, 1.165) is 11.2 Å². The summed E-state index contributed by atoms with van der Waals surface area (Å²) in [6.07, 6.45) is 1.11. The van der Waals surface area contributed by atoms with Crippen molar-refractivity contribution in [1.82, 2.24) is 9.78 Å². The normalized spacial score (nSPS) is 20.5. The van der Waals surface area contributed by atoms with Crippen LogP contribution in [0, 0.1) is 6.92 Å². The lowest BCUT2D eigenvalue weighted by atomic mass is 9.79. The van der Waals surface area contributed by atoms with Crippen LogP contribution in [0.1, 0.15) is 33.4 Å². The van der Waals surface area contributed by atoms with Gasteiger partial charge in [-0.3, -0.25) is 4.68 Å². The molecule has 7 nitrogen and oxygen atoms in total. The van der Waals surface area contributed by atoms with Gasteiger partial charge < -0.3 is 23.9 Å². The van der Waals surface area contributed by atoms with Crippen LogP contribution in [0.15, 0.2) is 6.20 Å². The Morgan fingerprint density at radius 1 is 1.25 bits per heavy atom. The summed E-state index contributed by atoms with van der Waals surface area (Å²) in [6.45, 7) is 11.6. The third kappa shape index (κ3) is 4.18. The molecule has 0 radical (unpaired) electrons. The Kier molecular flexibility index (Phi) is 6.09. The molecule has 0 unspecified atom stereocenters. The van der Waals surface area contributed by atoms with Gasteiger partial charge in [-0.1, -0.05) is 0 Å². The van der Waals surface area contributed by atoms with Gasteiger partial charge in [0, 0.05) is 24.5 Å². The van der Waals surface area contributed by atoms with Gasteiger partial charge >= 0.3 is 7.12 Å². The molecule has 2 rings (SSSR count). The summed E-state index contributed by atoms with van der Waals surface area (Å²) >= 11 is 0. The highest BCUT2D eigenvalue weighted by Gasteiger charge is 2.52. The molecule has 0 amide bonds. The number of methoxy groups -OCH3 is 1. The molecule has 0 saturated carbocycles. The summed E-state index contributed by atoms with van der Waals surface area (Å²) in [7, 11) is 1.17. The fourth-order valence-electron chi connectivity index (χ4n) is 2.46. The topological polar surface area (TPSA) is 75.0 Å². The smallest absolute Gasteiger partial charge is 0.399 e. The molecule has 0 bridgehead atoms. The average Bonchev–Trinajstić information content (AvgIpc) is 2.93. The molecule has 8 heteroatoms. The molecule has 1 aromatic rings. The van der Waals surface area contributed by atoms with Crippen LogP contribution in [-0.2, 0) is 25.3 Å². The fraction of sp³-hybridized carbons (Fsp3) is 0.812. The lowest BCUT2D eigenvalue weighted by molar-refractivity contribution is 0.00577. The van der Waals surface area contributed by atoms with Gasteiger partial charge in [-0.25, -0.2) is 0 Å². The molecule has 2 heterocycles. The number of nitrogens with zero attached hydrogens (tertiary/aromatic N) is 2. The van der Waals surface area contributed by atoms with Crippen molar-refractivity contribution < 1.29 is 23.9 Å². The molecular formula is C16H29BN2O5. The van der Waals surface area contributed by atoms with Gasteiger partial charge in [-0.05, 0) is 34.6 Å². The zero-order valence-corrected chi connectivity index (χ0v) is 15.5. The van der Waals surface area contributed by atoms with E-state index >= 15 is 0 Å². The minimum Gasteiger partial charge on any atom is -0.399 e. The summed E-state index contributed by atoms with van der Waals surface area (Å²) in [5, 5.41) is 14.4. The Morgan fingerprint density at radius 2 is 1.88 bits per heavy atom. The van der Waals surface area contributed by atoms with Crippen LogP contribution >= 0.6 is 0 Å². The van der Waals surface area contributed by atoms with Crippen LogP contribution in [-0.4, -0.2) is 66.2 Å². The van der Waals surface area contributed by atoms with Crippen LogP contribution in [0.5, 0.6) is 0 Å². The van der Waals surface area contributed by atoms with Crippen molar-refractivity contribution in [2.45, 2.75) is 58.5 Å². The SMILES string of the molecule is COCCOC[C@@H](O)Cn1ncc(B2OC(C)(C)C(C)(C)O2)c1C. The summed E-state index contributed by atoms with van der Waals surface area (Å²) in [5.41, 5.74) is 1.03. The Morgan fingerprint density at radius 3 is 2.46 bits per heavy atom. The number of hydrogen-bond acceptors (Lipinski definition) is 6. The Hall–Kier alpha value is -0.925. The van der Waals surface area contributed by atoms with Crippen molar-refractivity contribution in [2.24, 2.45) is 0 Å². The molecule has 1 saturated heterocycles. The predicted molar refractivity (Wildman–Crippen MR) is 91.4 cm³/mol. The Balaban J connectivity index is 1.97. The summed E-state index contributed by atoms with van der Waals surface area (Å²) in [6, 6.07) is 0. The van der Waals surface area contributed by atoms with E-state index in [1.165, 1.54) is 0 Å². The fourth-order valence-corrected chi connectivity index (χ4v) is 2.46. The van der Waals surface area contributed by atoms with E-state index in [-0.39, 0.29) is 17.8 Å². The van der Waals surface area contributed by atoms with E-state index < -0.39 is 13.2 Å². The lowest BCUT2D eigenvalue weighted by Gasteiger charge is -2.32. The van der Waals surface area contributed by atoms with Crippen LogP contribution in [0.3, 0.4) is 0 Å². The van der Waals surface area contributed by atoms with Crippen molar-refractivity contribution in [1.29, 1.82) is 0 Å². The molecule has 1 fully saturated rings. The highest BCUT2D eigenvalue weighted by Crippen LogP contribution is 2.36. The molecule has 1 aromatic heterocycles. The van der Waals surface area contributed by atoms with E-state index in [9.17, 15) is 5.11 Å². The average molecular weight is 340 g/mol. The summed E-state index contributed by atoms with van der Waals surface area (Å²) < 4.78 is 24.1. The molecule has 0 aromatic carbocycles. The first-order valence-corrected chi connectivity index (χ1v) is 8.30.